The lowest BCUT2D eigenvalue weighted by Gasteiger charge is -2.24. The SMILES string of the molecule is CCCCCCCCC(C)(O)NC(=O)CCC(N)=O. The molecule has 0 aromatic heterocycles. The molecule has 1 unspecified atom stereocenters. The second-order valence-electron chi connectivity index (χ2n) is 5.31. The average molecular weight is 272 g/mol. The predicted molar refractivity (Wildman–Crippen MR) is 75.2 cm³/mol. The Bertz CT molecular complexity index is 278. The topological polar surface area (TPSA) is 92.4 Å². The van der Waals surface area contributed by atoms with Gasteiger partial charge in [0, 0.05) is 12.8 Å². The van der Waals surface area contributed by atoms with Crippen LogP contribution in [0.5, 0.6) is 0 Å². The van der Waals surface area contributed by atoms with E-state index in [9.17, 15) is 14.7 Å². The minimum atomic E-state index is -1.19. The van der Waals surface area contributed by atoms with E-state index in [1.165, 1.54) is 25.7 Å². The van der Waals surface area contributed by atoms with Crippen LogP contribution in [0.15, 0.2) is 0 Å². The standard InChI is InChI=1S/C14H28N2O3/c1-3-4-5-6-7-8-11-14(2,19)16-13(18)10-9-12(15)17/h19H,3-11H2,1-2H3,(H2,15,17)(H,16,18). The predicted octanol–water partition coefficient (Wildman–Crippen LogP) is 1.83. The van der Waals surface area contributed by atoms with Crippen molar-refractivity contribution >= 4 is 11.8 Å². The van der Waals surface area contributed by atoms with Crippen LogP contribution in [0.2, 0.25) is 0 Å². The van der Waals surface area contributed by atoms with Crippen LogP contribution in [0.25, 0.3) is 0 Å². The number of carbonyl (C=O) groups is 2. The van der Waals surface area contributed by atoms with Gasteiger partial charge in [-0.1, -0.05) is 39.0 Å². The molecule has 0 saturated carbocycles. The molecule has 5 nitrogen and oxygen atoms in total. The zero-order chi connectivity index (χ0) is 14.7. The monoisotopic (exact) mass is 272 g/mol. The summed E-state index contributed by atoms with van der Waals surface area (Å²) in [5.41, 5.74) is 3.77. The van der Waals surface area contributed by atoms with E-state index in [-0.39, 0.29) is 18.7 Å². The number of nitrogens with one attached hydrogen (secondary N) is 1. The lowest BCUT2D eigenvalue weighted by atomic mass is 10.0. The van der Waals surface area contributed by atoms with Gasteiger partial charge in [0.1, 0.15) is 5.72 Å². The maximum absolute atomic E-state index is 11.5. The lowest BCUT2D eigenvalue weighted by molar-refractivity contribution is -0.130. The van der Waals surface area contributed by atoms with Gasteiger partial charge in [0.05, 0.1) is 0 Å². The van der Waals surface area contributed by atoms with Crippen molar-refractivity contribution in [1.29, 1.82) is 0 Å². The Balaban J connectivity index is 3.72. The number of amides is 2. The quantitative estimate of drug-likeness (QED) is 0.396. The molecule has 112 valence electrons. The first-order chi connectivity index (χ1) is 8.87. The molecule has 0 fully saturated rings. The fourth-order valence-electron chi connectivity index (χ4n) is 1.91. The van der Waals surface area contributed by atoms with Crippen LogP contribution in [0.1, 0.15) is 71.6 Å². The van der Waals surface area contributed by atoms with Gasteiger partial charge in [0.2, 0.25) is 11.8 Å². The van der Waals surface area contributed by atoms with Crippen molar-refractivity contribution in [3.05, 3.63) is 0 Å². The van der Waals surface area contributed by atoms with Crippen molar-refractivity contribution in [2.24, 2.45) is 5.73 Å². The van der Waals surface area contributed by atoms with Gasteiger partial charge in [-0.2, -0.15) is 0 Å². The average Bonchev–Trinajstić information content (AvgIpc) is 2.30. The molecule has 0 bridgehead atoms. The van der Waals surface area contributed by atoms with E-state index in [4.69, 9.17) is 5.73 Å². The zero-order valence-electron chi connectivity index (χ0n) is 12.2. The maximum atomic E-state index is 11.5. The number of primary amides is 1. The van der Waals surface area contributed by atoms with Gasteiger partial charge in [0.25, 0.3) is 0 Å². The maximum Gasteiger partial charge on any atom is 0.222 e. The number of carbonyl (C=O) groups excluding carboxylic acids is 2. The fourth-order valence-corrected chi connectivity index (χ4v) is 1.91. The van der Waals surface area contributed by atoms with E-state index < -0.39 is 11.6 Å². The first-order valence-electron chi connectivity index (χ1n) is 7.19. The summed E-state index contributed by atoms with van der Waals surface area (Å²) in [5.74, 6) is -0.847. The number of unbranched alkanes of at least 4 members (excludes halogenated alkanes) is 5. The van der Waals surface area contributed by atoms with Crippen molar-refractivity contribution in [3.8, 4) is 0 Å². The Kier molecular flexibility index (Phi) is 9.21. The largest absolute Gasteiger partial charge is 0.371 e. The van der Waals surface area contributed by atoms with Crippen molar-refractivity contribution in [2.45, 2.75) is 77.4 Å². The van der Waals surface area contributed by atoms with Gasteiger partial charge in [-0.25, -0.2) is 0 Å². The number of hydrogen-bond donors (Lipinski definition) is 3. The number of rotatable bonds is 11. The Labute approximate surface area is 115 Å². The van der Waals surface area contributed by atoms with Gasteiger partial charge < -0.3 is 16.2 Å². The Morgan fingerprint density at radius 3 is 2.26 bits per heavy atom. The smallest absolute Gasteiger partial charge is 0.222 e. The summed E-state index contributed by atoms with van der Waals surface area (Å²) < 4.78 is 0. The highest BCUT2D eigenvalue weighted by Crippen LogP contribution is 2.14. The molecular formula is C14H28N2O3. The van der Waals surface area contributed by atoms with E-state index in [0.29, 0.717) is 6.42 Å². The van der Waals surface area contributed by atoms with Crippen LogP contribution in [0.4, 0.5) is 0 Å². The Morgan fingerprint density at radius 2 is 1.68 bits per heavy atom. The molecule has 19 heavy (non-hydrogen) atoms. The molecule has 0 aromatic rings. The molecule has 0 aliphatic rings. The Morgan fingerprint density at radius 1 is 1.11 bits per heavy atom. The van der Waals surface area contributed by atoms with Crippen LogP contribution < -0.4 is 11.1 Å². The molecule has 0 aliphatic carbocycles. The molecule has 5 heteroatoms. The molecule has 1 atom stereocenters. The van der Waals surface area contributed by atoms with Crippen LogP contribution >= 0.6 is 0 Å². The third-order valence-corrected chi connectivity index (χ3v) is 3.02. The van der Waals surface area contributed by atoms with Crippen LogP contribution in [0.3, 0.4) is 0 Å². The summed E-state index contributed by atoms with van der Waals surface area (Å²) in [7, 11) is 0. The lowest BCUT2D eigenvalue weighted by Crippen LogP contribution is -2.46. The number of aliphatic hydroxyl groups is 1. The van der Waals surface area contributed by atoms with Gasteiger partial charge in [0.15, 0.2) is 0 Å². The van der Waals surface area contributed by atoms with Crippen LogP contribution in [-0.4, -0.2) is 22.6 Å². The first kappa shape index (κ1) is 17.9. The molecule has 0 aromatic carbocycles. The molecule has 0 spiro atoms. The molecule has 4 N–H and O–H groups in total. The second kappa shape index (κ2) is 9.78. The van der Waals surface area contributed by atoms with Gasteiger partial charge in [-0.15, -0.1) is 0 Å². The van der Waals surface area contributed by atoms with Crippen molar-refractivity contribution < 1.29 is 14.7 Å². The molecule has 2 amide bonds. The highest BCUT2D eigenvalue weighted by molar-refractivity contribution is 5.83. The third-order valence-electron chi connectivity index (χ3n) is 3.02. The summed E-state index contributed by atoms with van der Waals surface area (Å²) in [6, 6.07) is 0. The number of hydrogen-bond acceptors (Lipinski definition) is 3. The van der Waals surface area contributed by atoms with E-state index >= 15 is 0 Å². The Hall–Kier alpha value is -1.10. The molecule has 0 aliphatic heterocycles. The molecule has 0 rings (SSSR count). The fraction of sp³-hybridized carbons (Fsp3) is 0.857. The molecular weight excluding hydrogens is 244 g/mol. The van der Waals surface area contributed by atoms with E-state index in [1.54, 1.807) is 6.92 Å². The summed E-state index contributed by atoms with van der Waals surface area (Å²) in [6.07, 6.45) is 7.37. The summed E-state index contributed by atoms with van der Waals surface area (Å²) in [4.78, 5) is 22.0. The normalized spacial score (nSPS) is 13.8. The highest BCUT2D eigenvalue weighted by Gasteiger charge is 2.21. The third kappa shape index (κ3) is 11.7. The van der Waals surface area contributed by atoms with Gasteiger partial charge in [-0.05, 0) is 19.8 Å². The van der Waals surface area contributed by atoms with Gasteiger partial charge >= 0.3 is 0 Å². The van der Waals surface area contributed by atoms with Crippen LogP contribution in [0, 0.1) is 0 Å². The minimum Gasteiger partial charge on any atom is -0.371 e. The zero-order valence-corrected chi connectivity index (χ0v) is 12.2. The molecule has 0 heterocycles. The van der Waals surface area contributed by atoms with Crippen molar-refractivity contribution in [2.75, 3.05) is 0 Å². The highest BCUT2D eigenvalue weighted by atomic mass is 16.3. The summed E-state index contributed by atoms with van der Waals surface area (Å²) >= 11 is 0. The molecule has 0 saturated heterocycles. The van der Waals surface area contributed by atoms with Crippen molar-refractivity contribution in [3.63, 3.8) is 0 Å². The van der Waals surface area contributed by atoms with E-state index in [0.717, 1.165) is 12.8 Å². The molecule has 0 radical (unpaired) electrons. The summed E-state index contributed by atoms with van der Waals surface area (Å²) in [6.45, 7) is 3.76. The van der Waals surface area contributed by atoms with Crippen molar-refractivity contribution in [1.82, 2.24) is 5.32 Å². The second-order valence-corrected chi connectivity index (χ2v) is 5.31. The first-order valence-corrected chi connectivity index (χ1v) is 7.19. The van der Waals surface area contributed by atoms with Crippen LogP contribution in [-0.2, 0) is 9.59 Å². The summed E-state index contributed by atoms with van der Waals surface area (Å²) in [5, 5.41) is 12.5. The minimum absolute atomic E-state index is 0.0128. The number of nitrogens with two attached hydrogens (primary N) is 1. The van der Waals surface area contributed by atoms with E-state index in [2.05, 4.69) is 12.2 Å². The van der Waals surface area contributed by atoms with E-state index in [1.807, 2.05) is 0 Å². The van der Waals surface area contributed by atoms with Gasteiger partial charge in [-0.3, -0.25) is 9.59 Å².